The number of fused-ring (bicyclic) bond motifs is 1. The second-order valence-corrected chi connectivity index (χ2v) is 6.20. The average molecular weight is 258 g/mol. The van der Waals surface area contributed by atoms with E-state index in [-0.39, 0.29) is 0 Å². The van der Waals surface area contributed by atoms with Crippen molar-refractivity contribution in [1.29, 1.82) is 0 Å². The highest BCUT2D eigenvalue weighted by Gasteiger charge is 2.36. The summed E-state index contributed by atoms with van der Waals surface area (Å²) in [6, 6.07) is 5.12. The molecule has 2 heteroatoms. The van der Waals surface area contributed by atoms with Crippen molar-refractivity contribution in [2.24, 2.45) is 5.92 Å². The number of rotatable bonds is 4. The standard InChI is InChI=1S/C17H26N2/c1-2-11-18-16-10-4-8-14(16)15-9-3-6-13-7-5-12-19-17(13)15/h5,7,12,14-16,18H,2-4,6,8-11H2,1H3. The Hall–Kier alpha value is -0.890. The zero-order valence-electron chi connectivity index (χ0n) is 12.1. The summed E-state index contributed by atoms with van der Waals surface area (Å²) in [6.45, 7) is 3.43. The first-order valence-electron chi connectivity index (χ1n) is 8.07. The second-order valence-electron chi connectivity index (χ2n) is 6.20. The van der Waals surface area contributed by atoms with Crippen LogP contribution < -0.4 is 5.32 Å². The zero-order valence-corrected chi connectivity index (χ0v) is 12.1. The van der Waals surface area contributed by atoms with Gasteiger partial charge < -0.3 is 5.32 Å². The van der Waals surface area contributed by atoms with Crippen LogP contribution in [0.2, 0.25) is 0 Å². The van der Waals surface area contributed by atoms with Crippen LogP contribution in [-0.4, -0.2) is 17.6 Å². The van der Waals surface area contributed by atoms with E-state index in [1.165, 1.54) is 62.7 Å². The lowest BCUT2D eigenvalue weighted by atomic mass is 9.76. The van der Waals surface area contributed by atoms with Crippen LogP contribution in [0.5, 0.6) is 0 Å². The first kappa shape index (κ1) is 13.1. The van der Waals surface area contributed by atoms with Crippen molar-refractivity contribution < 1.29 is 0 Å². The van der Waals surface area contributed by atoms with Crippen molar-refractivity contribution in [3.05, 3.63) is 29.6 Å². The predicted molar refractivity (Wildman–Crippen MR) is 79.3 cm³/mol. The van der Waals surface area contributed by atoms with Crippen LogP contribution in [0.25, 0.3) is 0 Å². The van der Waals surface area contributed by atoms with E-state index in [4.69, 9.17) is 4.98 Å². The van der Waals surface area contributed by atoms with Gasteiger partial charge in [0.2, 0.25) is 0 Å². The van der Waals surface area contributed by atoms with Crippen molar-refractivity contribution in [2.75, 3.05) is 6.54 Å². The maximum Gasteiger partial charge on any atom is 0.0469 e. The SMILES string of the molecule is CCCNC1CCCC1C1CCCc2cccnc21. The van der Waals surface area contributed by atoms with Gasteiger partial charge in [-0.25, -0.2) is 0 Å². The molecular formula is C17H26N2. The monoisotopic (exact) mass is 258 g/mol. The van der Waals surface area contributed by atoms with Gasteiger partial charge in [-0.15, -0.1) is 0 Å². The van der Waals surface area contributed by atoms with Crippen molar-refractivity contribution in [1.82, 2.24) is 10.3 Å². The van der Waals surface area contributed by atoms with E-state index in [1.54, 1.807) is 0 Å². The van der Waals surface area contributed by atoms with Gasteiger partial charge in [-0.1, -0.05) is 19.4 Å². The van der Waals surface area contributed by atoms with E-state index in [0.29, 0.717) is 5.92 Å². The summed E-state index contributed by atoms with van der Waals surface area (Å²) in [6.07, 6.45) is 11.3. The molecule has 0 aliphatic heterocycles. The Balaban J connectivity index is 1.78. The summed E-state index contributed by atoms with van der Waals surface area (Å²) < 4.78 is 0. The molecule has 19 heavy (non-hydrogen) atoms. The average Bonchev–Trinajstić information content (AvgIpc) is 2.92. The predicted octanol–water partition coefficient (Wildman–Crippen LogP) is 3.67. The third-order valence-electron chi connectivity index (χ3n) is 4.98. The number of hydrogen-bond acceptors (Lipinski definition) is 2. The van der Waals surface area contributed by atoms with Crippen LogP contribution in [0.4, 0.5) is 0 Å². The van der Waals surface area contributed by atoms with Gasteiger partial charge in [0.1, 0.15) is 0 Å². The number of aryl methyl sites for hydroxylation is 1. The van der Waals surface area contributed by atoms with Gasteiger partial charge in [-0.05, 0) is 62.6 Å². The third kappa shape index (κ3) is 2.69. The Morgan fingerprint density at radius 2 is 2.21 bits per heavy atom. The summed E-state index contributed by atoms with van der Waals surface area (Å²) in [5.41, 5.74) is 2.93. The van der Waals surface area contributed by atoms with Crippen molar-refractivity contribution >= 4 is 0 Å². The van der Waals surface area contributed by atoms with Gasteiger partial charge in [0.25, 0.3) is 0 Å². The van der Waals surface area contributed by atoms with Crippen LogP contribution in [0.3, 0.4) is 0 Å². The molecule has 3 atom stereocenters. The molecule has 2 nitrogen and oxygen atoms in total. The van der Waals surface area contributed by atoms with Crippen molar-refractivity contribution in [2.45, 2.75) is 63.8 Å². The van der Waals surface area contributed by atoms with E-state index >= 15 is 0 Å². The van der Waals surface area contributed by atoms with Gasteiger partial charge in [0.05, 0.1) is 0 Å². The number of aromatic nitrogens is 1. The molecule has 0 bridgehead atoms. The smallest absolute Gasteiger partial charge is 0.0469 e. The lowest BCUT2D eigenvalue weighted by Crippen LogP contribution is -2.36. The second kappa shape index (κ2) is 6.04. The number of pyridine rings is 1. The highest BCUT2D eigenvalue weighted by molar-refractivity contribution is 5.27. The Kier molecular flexibility index (Phi) is 4.17. The molecule has 104 valence electrons. The third-order valence-corrected chi connectivity index (χ3v) is 4.98. The van der Waals surface area contributed by atoms with Gasteiger partial charge in [0.15, 0.2) is 0 Å². The first-order valence-corrected chi connectivity index (χ1v) is 8.07. The quantitative estimate of drug-likeness (QED) is 0.891. The molecule has 2 aliphatic carbocycles. The molecule has 0 radical (unpaired) electrons. The topological polar surface area (TPSA) is 24.9 Å². The molecule has 3 unspecified atom stereocenters. The summed E-state index contributed by atoms with van der Waals surface area (Å²) >= 11 is 0. The maximum atomic E-state index is 4.73. The molecular weight excluding hydrogens is 232 g/mol. The zero-order chi connectivity index (χ0) is 13.1. The fourth-order valence-corrected chi connectivity index (χ4v) is 4.12. The molecule has 1 aromatic heterocycles. The van der Waals surface area contributed by atoms with Crippen molar-refractivity contribution in [3.63, 3.8) is 0 Å². The number of nitrogens with zero attached hydrogens (tertiary/aromatic N) is 1. The summed E-state index contributed by atoms with van der Waals surface area (Å²) in [5.74, 6) is 1.53. The number of nitrogens with one attached hydrogen (secondary N) is 1. The van der Waals surface area contributed by atoms with Crippen LogP contribution in [-0.2, 0) is 6.42 Å². The molecule has 1 aromatic rings. The highest BCUT2D eigenvalue weighted by atomic mass is 14.9. The minimum atomic E-state index is 0.710. The fourth-order valence-electron chi connectivity index (χ4n) is 4.12. The van der Waals surface area contributed by atoms with Gasteiger partial charge in [-0.3, -0.25) is 4.98 Å². The maximum absolute atomic E-state index is 4.73. The Bertz CT molecular complexity index is 415. The Morgan fingerprint density at radius 3 is 3.11 bits per heavy atom. The molecule has 1 fully saturated rings. The van der Waals surface area contributed by atoms with Crippen molar-refractivity contribution in [3.8, 4) is 0 Å². The van der Waals surface area contributed by atoms with Gasteiger partial charge >= 0.3 is 0 Å². The highest BCUT2D eigenvalue weighted by Crippen LogP contribution is 2.43. The summed E-state index contributed by atoms with van der Waals surface area (Å²) in [5, 5.41) is 3.78. The fraction of sp³-hybridized carbons (Fsp3) is 0.706. The minimum Gasteiger partial charge on any atom is -0.314 e. The Labute approximate surface area is 117 Å². The van der Waals surface area contributed by atoms with Gasteiger partial charge in [-0.2, -0.15) is 0 Å². The molecule has 0 spiro atoms. The lowest BCUT2D eigenvalue weighted by molar-refractivity contribution is 0.311. The first-order chi connectivity index (χ1) is 9.40. The van der Waals surface area contributed by atoms with E-state index in [0.717, 1.165) is 12.0 Å². The molecule has 3 rings (SSSR count). The largest absolute Gasteiger partial charge is 0.314 e. The van der Waals surface area contributed by atoms with E-state index in [2.05, 4.69) is 24.4 Å². The Morgan fingerprint density at radius 1 is 1.26 bits per heavy atom. The lowest BCUT2D eigenvalue weighted by Gasteiger charge is -2.33. The normalized spacial score (nSPS) is 30.3. The molecule has 2 aliphatic rings. The van der Waals surface area contributed by atoms with Crippen LogP contribution >= 0.6 is 0 Å². The molecule has 0 saturated heterocycles. The van der Waals surface area contributed by atoms with E-state index in [9.17, 15) is 0 Å². The molecule has 0 aromatic carbocycles. The van der Waals surface area contributed by atoms with Crippen LogP contribution in [0, 0.1) is 5.92 Å². The minimum absolute atomic E-state index is 0.710. The molecule has 1 N–H and O–H groups in total. The molecule has 1 saturated carbocycles. The van der Waals surface area contributed by atoms with E-state index in [1.807, 2.05) is 6.20 Å². The molecule has 1 heterocycles. The van der Waals surface area contributed by atoms with Gasteiger partial charge in [0, 0.05) is 23.9 Å². The van der Waals surface area contributed by atoms with Crippen LogP contribution in [0.1, 0.15) is 62.6 Å². The van der Waals surface area contributed by atoms with E-state index < -0.39 is 0 Å². The summed E-state index contributed by atoms with van der Waals surface area (Å²) in [7, 11) is 0. The molecule has 0 amide bonds. The number of hydrogen-bond donors (Lipinski definition) is 1. The summed E-state index contributed by atoms with van der Waals surface area (Å²) in [4.78, 5) is 4.73. The van der Waals surface area contributed by atoms with Crippen LogP contribution in [0.15, 0.2) is 18.3 Å².